The maximum atomic E-state index is 12.1. The molecule has 114 valence electrons. The molecule has 1 atom stereocenters. The Labute approximate surface area is 121 Å². The van der Waals surface area contributed by atoms with Gasteiger partial charge >= 0.3 is 5.97 Å². The molecular weight excluding hydrogens is 300 g/mol. The van der Waals surface area contributed by atoms with Gasteiger partial charge in [-0.05, 0) is 18.6 Å². The lowest BCUT2D eigenvalue weighted by molar-refractivity contribution is -0.384. The van der Waals surface area contributed by atoms with Crippen LogP contribution in [-0.2, 0) is 19.6 Å². The summed E-state index contributed by atoms with van der Waals surface area (Å²) in [7, 11) is -2.86. The number of methoxy groups -OCH3 is 1. The molecule has 8 nitrogen and oxygen atoms in total. The molecule has 0 fully saturated rings. The maximum Gasteiger partial charge on any atom is 0.324 e. The van der Waals surface area contributed by atoms with Crippen molar-refractivity contribution in [3.05, 3.63) is 47.0 Å². The number of nitro benzene ring substituents is 1. The number of non-ortho nitro benzene ring substituents is 1. The molecule has 1 aromatic carbocycles. The minimum atomic E-state index is -4.00. The van der Waals surface area contributed by atoms with Crippen molar-refractivity contribution in [1.29, 1.82) is 0 Å². The minimum Gasteiger partial charge on any atom is -0.468 e. The molecule has 0 aromatic heterocycles. The van der Waals surface area contributed by atoms with Crippen LogP contribution in [0.5, 0.6) is 0 Å². The molecule has 0 amide bonds. The number of sulfonamides is 1. The first-order chi connectivity index (χ1) is 9.81. The highest BCUT2D eigenvalue weighted by molar-refractivity contribution is 7.89. The van der Waals surface area contributed by atoms with E-state index in [4.69, 9.17) is 0 Å². The second-order valence-electron chi connectivity index (χ2n) is 3.97. The monoisotopic (exact) mass is 314 g/mol. The number of nitrogens with zero attached hydrogens (tertiary/aromatic N) is 1. The van der Waals surface area contributed by atoms with Gasteiger partial charge in [0, 0.05) is 12.1 Å². The van der Waals surface area contributed by atoms with E-state index in [0.29, 0.717) is 0 Å². The van der Waals surface area contributed by atoms with E-state index in [2.05, 4.69) is 16.0 Å². The zero-order valence-corrected chi connectivity index (χ0v) is 12.0. The van der Waals surface area contributed by atoms with Crippen molar-refractivity contribution in [1.82, 2.24) is 4.72 Å². The predicted octanol–water partition coefficient (Wildman–Crippen LogP) is 0.991. The fourth-order valence-corrected chi connectivity index (χ4v) is 2.70. The van der Waals surface area contributed by atoms with Gasteiger partial charge in [0.2, 0.25) is 10.0 Å². The van der Waals surface area contributed by atoms with Gasteiger partial charge in [0.15, 0.2) is 0 Å². The van der Waals surface area contributed by atoms with Gasteiger partial charge in [-0.15, -0.1) is 6.58 Å². The Bertz CT molecular complexity index is 638. The summed E-state index contributed by atoms with van der Waals surface area (Å²) in [4.78, 5) is 21.2. The van der Waals surface area contributed by atoms with Crippen LogP contribution in [0.2, 0.25) is 0 Å². The Balaban J connectivity index is 3.01. The van der Waals surface area contributed by atoms with Crippen LogP contribution in [0.15, 0.2) is 41.8 Å². The lowest BCUT2D eigenvalue weighted by Crippen LogP contribution is -2.41. The molecule has 0 heterocycles. The van der Waals surface area contributed by atoms with E-state index < -0.39 is 27.0 Å². The highest BCUT2D eigenvalue weighted by atomic mass is 32.2. The van der Waals surface area contributed by atoms with Crippen LogP contribution in [0.3, 0.4) is 0 Å². The standard InChI is InChI=1S/C12H14N2O6S/c1-3-4-11(12(15)20-2)13-21(18,19)10-7-5-9(6-8-10)14(16)17/h3,5-8,11,13H,1,4H2,2H3. The van der Waals surface area contributed by atoms with E-state index in [1.807, 2.05) is 0 Å². The van der Waals surface area contributed by atoms with E-state index in [1.165, 1.54) is 6.08 Å². The van der Waals surface area contributed by atoms with Gasteiger partial charge in [0.1, 0.15) is 6.04 Å². The predicted molar refractivity (Wildman–Crippen MR) is 74.0 cm³/mol. The Morgan fingerprint density at radius 2 is 2.05 bits per heavy atom. The molecule has 1 N–H and O–H groups in total. The Morgan fingerprint density at radius 3 is 2.48 bits per heavy atom. The molecule has 0 aliphatic rings. The third-order valence-electron chi connectivity index (χ3n) is 2.54. The first kappa shape index (κ1) is 16.8. The normalized spacial score (nSPS) is 12.4. The van der Waals surface area contributed by atoms with Gasteiger partial charge in [-0.25, -0.2) is 8.42 Å². The molecule has 0 bridgehead atoms. The highest BCUT2D eigenvalue weighted by Gasteiger charge is 2.25. The van der Waals surface area contributed by atoms with Crippen LogP contribution < -0.4 is 4.72 Å². The molecule has 0 spiro atoms. The average molecular weight is 314 g/mol. The van der Waals surface area contributed by atoms with E-state index in [9.17, 15) is 23.3 Å². The Morgan fingerprint density at radius 1 is 1.48 bits per heavy atom. The number of carbonyl (C=O) groups excluding carboxylic acids is 1. The maximum absolute atomic E-state index is 12.1. The zero-order valence-electron chi connectivity index (χ0n) is 11.2. The number of benzene rings is 1. The lowest BCUT2D eigenvalue weighted by atomic mass is 10.2. The van der Waals surface area contributed by atoms with E-state index in [0.717, 1.165) is 31.4 Å². The summed E-state index contributed by atoms with van der Waals surface area (Å²) in [5.74, 6) is -0.750. The second-order valence-corrected chi connectivity index (χ2v) is 5.69. The van der Waals surface area contributed by atoms with Crippen LogP contribution in [0, 0.1) is 10.1 Å². The molecule has 0 saturated heterocycles. The molecule has 1 aromatic rings. The number of hydrogen-bond acceptors (Lipinski definition) is 6. The quantitative estimate of drug-likeness (QED) is 0.347. The molecule has 0 saturated carbocycles. The molecule has 1 unspecified atom stereocenters. The van der Waals surface area contributed by atoms with Gasteiger partial charge in [0.05, 0.1) is 16.9 Å². The number of ether oxygens (including phenoxy) is 1. The van der Waals surface area contributed by atoms with Crippen molar-refractivity contribution >= 4 is 21.7 Å². The SMILES string of the molecule is C=CCC(NS(=O)(=O)c1ccc([N+](=O)[O-])cc1)C(=O)OC. The Hall–Kier alpha value is -2.26. The van der Waals surface area contributed by atoms with Gasteiger partial charge in [-0.1, -0.05) is 6.08 Å². The summed E-state index contributed by atoms with van der Waals surface area (Å²) in [6.07, 6.45) is 1.43. The number of nitro groups is 1. The molecule has 1 rings (SSSR count). The largest absolute Gasteiger partial charge is 0.468 e. The minimum absolute atomic E-state index is 0.0544. The fourth-order valence-electron chi connectivity index (χ4n) is 1.50. The van der Waals surface area contributed by atoms with Crippen molar-refractivity contribution in [3.8, 4) is 0 Å². The molecule has 0 aliphatic carbocycles. The summed E-state index contributed by atoms with van der Waals surface area (Å²) >= 11 is 0. The molecule has 21 heavy (non-hydrogen) atoms. The van der Waals surface area contributed by atoms with Gasteiger partial charge in [0.25, 0.3) is 5.69 Å². The number of nitrogens with one attached hydrogen (secondary N) is 1. The summed E-state index contributed by atoms with van der Waals surface area (Å²) in [6, 6.07) is 3.20. The zero-order chi connectivity index (χ0) is 16.0. The van der Waals surface area contributed by atoms with Crippen LogP contribution in [-0.4, -0.2) is 32.5 Å². The molecule has 0 radical (unpaired) electrons. The van der Waals surface area contributed by atoms with Crippen molar-refractivity contribution in [3.63, 3.8) is 0 Å². The topological polar surface area (TPSA) is 116 Å². The molecular formula is C12H14N2O6S. The number of hydrogen-bond donors (Lipinski definition) is 1. The van der Waals surface area contributed by atoms with Crippen LogP contribution in [0.1, 0.15) is 6.42 Å². The molecule has 0 aliphatic heterocycles. The number of carbonyl (C=O) groups is 1. The fraction of sp³-hybridized carbons (Fsp3) is 0.250. The summed E-state index contributed by atoms with van der Waals surface area (Å²) in [6.45, 7) is 3.43. The Kier molecular flexibility index (Phi) is 5.56. The smallest absolute Gasteiger partial charge is 0.324 e. The van der Waals surface area contributed by atoms with E-state index in [1.54, 1.807) is 0 Å². The van der Waals surface area contributed by atoms with E-state index in [-0.39, 0.29) is 17.0 Å². The van der Waals surface area contributed by atoms with Crippen LogP contribution in [0.4, 0.5) is 5.69 Å². The second kappa shape index (κ2) is 6.95. The van der Waals surface area contributed by atoms with Crippen LogP contribution in [0.25, 0.3) is 0 Å². The summed E-state index contributed by atoms with van der Waals surface area (Å²) < 4.78 is 30.9. The number of rotatable bonds is 7. The first-order valence-electron chi connectivity index (χ1n) is 5.77. The third kappa shape index (κ3) is 4.36. The van der Waals surface area contributed by atoms with Crippen LogP contribution >= 0.6 is 0 Å². The number of esters is 1. The summed E-state index contributed by atoms with van der Waals surface area (Å²) in [5.41, 5.74) is -0.232. The lowest BCUT2D eigenvalue weighted by Gasteiger charge is -2.14. The van der Waals surface area contributed by atoms with Gasteiger partial charge in [-0.3, -0.25) is 14.9 Å². The van der Waals surface area contributed by atoms with Crippen molar-refractivity contribution in [2.45, 2.75) is 17.4 Å². The average Bonchev–Trinajstić information content (AvgIpc) is 2.45. The van der Waals surface area contributed by atoms with E-state index >= 15 is 0 Å². The van der Waals surface area contributed by atoms with Crippen molar-refractivity contribution < 1.29 is 22.9 Å². The van der Waals surface area contributed by atoms with Gasteiger partial charge in [-0.2, -0.15) is 4.72 Å². The van der Waals surface area contributed by atoms with Crippen molar-refractivity contribution in [2.24, 2.45) is 0 Å². The molecule has 9 heteroatoms. The van der Waals surface area contributed by atoms with Gasteiger partial charge < -0.3 is 4.74 Å². The van der Waals surface area contributed by atoms with Crippen molar-refractivity contribution in [2.75, 3.05) is 7.11 Å². The highest BCUT2D eigenvalue weighted by Crippen LogP contribution is 2.16. The summed E-state index contributed by atoms with van der Waals surface area (Å²) in [5, 5.41) is 10.5. The first-order valence-corrected chi connectivity index (χ1v) is 7.25. The third-order valence-corrected chi connectivity index (χ3v) is 4.03.